The molecule has 4 rings (SSSR count). The normalized spacial score (nSPS) is 11.3. The van der Waals surface area contributed by atoms with Crippen LogP contribution in [0, 0.1) is 0 Å². The molecule has 150 valence electrons. The van der Waals surface area contributed by atoms with E-state index in [1.54, 1.807) is 36.5 Å². The molecule has 0 atom stereocenters. The number of carbonyl (C=O) groups excluding carboxylic acids is 1. The molecule has 1 amide bonds. The molecule has 0 aliphatic rings. The molecule has 0 fully saturated rings. The number of nitrogens with one attached hydrogen (secondary N) is 1. The first-order valence-electron chi connectivity index (χ1n) is 9.12. The van der Waals surface area contributed by atoms with E-state index in [1.165, 1.54) is 0 Å². The fourth-order valence-electron chi connectivity index (χ4n) is 3.17. The van der Waals surface area contributed by atoms with Gasteiger partial charge in [0.25, 0.3) is 5.91 Å². The minimum atomic E-state index is -0.306. The SMILES string of the molecule is O=C(N/N=C\c1cn(Cc2ccc(Cl)cc2Cl)c2ccccc12)c1ccc(Cl)cc1. The van der Waals surface area contributed by atoms with Crippen molar-refractivity contribution < 1.29 is 4.79 Å². The summed E-state index contributed by atoms with van der Waals surface area (Å²) in [7, 11) is 0. The molecular formula is C23H16Cl3N3O. The smallest absolute Gasteiger partial charge is 0.271 e. The van der Waals surface area contributed by atoms with Gasteiger partial charge < -0.3 is 4.57 Å². The molecule has 30 heavy (non-hydrogen) atoms. The van der Waals surface area contributed by atoms with Crippen LogP contribution >= 0.6 is 34.8 Å². The Balaban J connectivity index is 1.58. The van der Waals surface area contributed by atoms with Gasteiger partial charge in [-0.1, -0.05) is 59.1 Å². The van der Waals surface area contributed by atoms with Crippen molar-refractivity contribution in [2.24, 2.45) is 5.10 Å². The summed E-state index contributed by atoms with van der Waals surface area (Å²) in [6.45, 7) is 0.585. The van der Waals surface area contributed by atoms with Crippen molar-refractivity contribution in [2.75, 3.05) is 0 Å². The summed E-state index contributed by atoms with van der Waals surface area (Å²) < 4.78 is 2.09. The van der Waals surface area contributed by atoms with Crippen LogP contribution in [0.1, 0.15) is 21.5 Å². The van der Waals surface area contributed by atoms with Crippen molar-refractivity contribution >= 4 is 57.8 Å². The molecule has 4 aromatic rings. The van der Waals surface area contributed by atoms with Crippen molar-refractivity contribution in [1.29, 1.82) is 0 Å². The number of hydrogen-bond donors (Lipinski definition) is 1. The monoisotopic (exact) mass is 455 g/mol. The largest absolute Gasteiger partial charge is 0.342 e. The van der Waals surface area contributed by atoms with Crippen LogP contribution in [-0.4, -0.2) is 16.7 Å². The van der Waals surface area contributed by atoms with E-state index in [4.69, 9.17) is 34.8 Å². The van der Waals surface area contributed by atoms with Gasteiger partial charge in [0.1, 0.15) is 0 Å². The Morgan fingerprint density at radius 1 is 0.967 bits per heavy atom. The number of rotatable bonds is 5. The minimum Gasteiger partial charge on any atom is -0.342 e. The first kappa shape index (κ1) is 20.5. The first-order valence-corrected chi connectivity index (χ1v) is 10.3. The highest BCUT2D eigenvalue weighted by Gasteiger charge is 2.10. The van der Waals surface area contributed by atoms with Crippen LogP contribution in [-0.2, 0) is 6.54 Å². The zero-order chi connectivity index (χ0) is 21.1. The van der Waals surface area contributed by atoms with Crippen LogP contribution in [0.25, 0.3) is 10.9 Å². The standard InChI is InChI=1S/C23H16Cl3N3O/c24-18-8-5-15(6-9-18)23(30)28-27-12-17-14-29(22-4-2-1-3-20(17)22)13-16-7-10-19(25)11-21(16)26/h1-12,14H,13H2,(H,28,30)/b27-12-. The fourth-order valence-corrected chi connectivity index (χ4v) is 3.76. The van der Waals surface area contributed by atoms with E-state index in [1.807, 2.05) is 42.6 Å². The lowest BCUT2D eigenvalue weighted by atomic mass is 10.2. The van der Waals surface area contributed by atoms with Crippen LogP contribution in [0.15, 0.2) is 78.0 Å². The molecule has 4 nitrogen and oxygen atoms in total. The summed E-state index contributed by atoms with van der Waals surface area (Å²) in [4.78, 5) is 12.2. The van der Waals surface area contributed by atoms with Crippen LogP contribution in [0.5, 0.6) is 0 Å². The molecule has 0 saturated carbocycles. The number of hydrogen-bond acceptors (Lipinski definition) is 2. The average molecular weight is 457 g/mol. The number of amides is 1. The molecular weight excluding hydrogens is 441 g/mol. The molecule has 0 unspecified atom stereocenters. The Hall–Kier alpha value is -2.79. The molecule has 1 heterocycles. The van der Waals surface area contributed by atoms with E-state index < -0.39 is 0 Å². The van der Waals surface area contributed by atoms with Crippen molar-refractivity contribution in [2.45, 2.75) is 6.54 Å². The number of halogens is 3. The third-order valence-corrected chi connectivity index (χ3v) is 5.49. The van der Waals surface area contributed by atoms with Crippen LogP contribution < -0.4 is 5.43 Å². The Kier molecular flexibility index (Phi) is 6.09. The maximum Gasteiger partial charge on any atom is 0.271 e. The van der Waals surface area contributed by atoms with E-state index in [-0.39, 0.29) is 5.91 Å². The van der Waals surface area contributed by atoms with Crippen molar-refractivity contribution in [1.82, 2.24) is 9.99 Å². The minimum absolute atomic E-state index is 0.306. The second-order valence-electron chi connectivity index (χ2n) is 6.67. The summed E-state index contributed by atoms with van der Waals surface area (Å²) in [6.07, 6.45) is 3.61. The zero-order valence-electron chi connectivity index (χ0n) is 15.6. The summed E-state index contributed by atoms with van der Waals surface area (Å²) in [5.41, 5.74) is 5.91. The van der Waals surface area contributed by atoms with Crippen LogP contribution in [0.3, 0.4) is 0 Å². The van der Waals surface area contributed by atoms with Gasteiger partial charge in [-0.15, -0.1) is 0 Å². The molecule has 1 aromatic heterocycles. The van der Waals surface area contributed by atoms with Crippen molar-refractivity contribution in [3.05, 3.63) is 105 Å². The quantitative estimate of drug-likeness (QED) is 0.273. The van der Waals surface area contributed by atoms with Gasteiger partial charge in [-0.05, 0) is 48.0 Å². The van der Waals surface area contributed by atoms with E-state index in [9.17, 15) is 4.79 Å². The number of benzene rings is 3. The highest BCUT2D eigenvalue weighted by molar-refractivity contribution is 6.35. The molecule has 0 aliphatic heterocycles. The van der Waals surface area contributed by atoms with E-state index in [0.717, 1.165) is 22.0 Å². The number of nitrogens with zero attached hydrogens (tertiary/aromatic N) is 2. The Morgan fingerprint density at radius 2 is 1.70 bits per heavy atom. The van der Waals surface area contributed by atoms with Gasteiger partial charge in [-0.2, -0.15) is 5.10 Å². The van der Waals surface area contributed by atoms with Crippen molar-refractivity contribution in [3.63, 3.8) is 0 Å². The van der Waals surface area contributed by atoms with E-state index in [2.05, 4.69) is 15.1 Å². The average Bonchev–Trinajstić information content (AvgIpc) is 3.08. The first-order chi connectivity index (χ1) is 14.5. The summed E-state index contributed by atoms with van der Waals surface area (Å²) >= 11 is 18.2. The van der Waals surface area contributed by atoms with Gasteiger partial charge in [-0.3, -0.25) is 4.79 Å². The molecule has 0 saturated heterocycles. The summed E-state index contributed by atoms with van der Waals surface area (Å²) in [5, 5.41) is 6.94. The molecule has 3 aromatic carbocycles. The Morgan fingerprint density at radius 3 is 2.47 bits per heavy atom. The van der Waals surface area contributed by atoms with Crippen LogP contribution in [0.2, 0.25) is 15.1 Å². The van der Waals surface area contributed by atoms with Crippen LogP contribution in [0.4, 0.5) is 0 Å². The topological polar surface area (TPSA) is 46.4 Å². The lowest BCUT2D eigenvalue weighted by Gasteiger charge is -2.08. The third-order valence-electron chi connectivity index (χ3n) is 4.65. The van der Waals surface area contributed by atoms with Gasteiger partial charge in [0.05, 0.1) is 6.21 Å². The molecule has 1 N–H and O–H groups in total. The molecule has 7 heteroatoms. The predicted molar refractivity (Wildman–Crippen MR) is 124 cm³/mol. The fraction of sp³-hybridized carbons (Fsp3) is 0.0435. The highest BCUT2D eigenvalue weighted by Crippen LogP contribution is 2.25. The molecule has 0 aliphatic carbocycles. The van der Waals surface area contributed by atoms with Crippen molar-refractivity contribution in [3.8, 4) is 0 Å². The number of hydrazone groups is 1. The van der Waals surface area contributed by atoms with Gasteiger partial charge in [0.2, 0.25) is 0 Å². The maximum absolute atomic E-state index is 12.2. The number of aromatic nitrogens is 1. The highest BCUT2D eigenvalue weighted by atomic mass is 35.5. The summed E-state index contributed by atoms with van der Waals surface area (Å²) in [5.74, 6) is -0.306. The zero-order valence-corrected chi connectivity index (χ0v) is 17.9. The van der Waals surface area contributed by atoms with Gasteiger partial charge in [0.15, 0.2) is 0 Å². The Labute approximate surface area is 188 Å². The molecule has 0 bridgehead atoms. The lowest BCUT2D eigenvalue weighted by molar-refractivity contribution is 0.0955. The second-order valence-corrected chi connectivity index (χ2v) is 7.95. The Bertz CT molecular complexity index is 1250. The number of fused-ring (bicyclic) bond motifs is 1. The second kappa shape index (κ2) is 8.92. The van der Waals surface area contributed by atoms with E-state index >= 15 is 0 Å². The van der Waals surface area contributed by atoms with Gasteiger partial charge in [-0.25, -0.2) is 5.43 Å². The summed E-state index contributed by atoms with van der Waals surface area (Å²) in [6, 6.07) is 20.1. The lowest BCUT2D eigenvalue weighted by Crippen LogP contribution is -2.17. The van der Waals surface area contributed by atoms with E-state index in [0.29, 0.717) is 27.2 Å². The maximum atomic E-state index is 12.2. The third kappa shape index (κ3) is 4.51. The molecule has 0 radical (unpaired) electrons. The molecule has 0 spiro atoms. The van der Waals surface area contributed by atoms with Gasteiger partial charge >= 0.3 is 0 Å². The predicted octanol–water partition coefficient (Wildman–Crippen LogP) is 6.41. The number of para-hydroxylation sites is 1. The number of carbonyl (C=O) groups is 1. The van der Waals surface area contributed by atoms with Gasteiger partial charge in [0, 0.05) is 49.8 Å².